The summed E-state index contributed by atoms with van der Waals surface area (Å²) in [5.74, 6) is 0.809. The van der Waals surface area contributed by atoms with Crippen LogP contribution in [-0.2, 0) is 4.74 Å². The van der Waals surface area contributed by atoms with Crippen LogP contribution in [0.1, 0.15) is 51.4 Å². The van der Waals surface area contributed by atoms with Crippen LogP contribution in [-0.4, -0.2) is 43.8 Å². The molecule has 3 heteroatoms. The summed E-state index contributed by atoms with van der Waals surface area (Å²) in [5, 5.41) is 0. The van der Waals surface area contributed by atoms with Crippen molar-refractivity contribution < 1.29 is 4.74 Å². The van der Waals surface area contributed by atoms with Gasteiger partial charge in [-0.15, -0.1) is 0 Å². The van der Waals surface area contributed by atoms with Crippen molar-refractivity contribution in [3.63, 3.8) is 0 Å². The summed E-state index contributed by atoms with van der Waals surface area (Å²) in [7, 11) is 2.24. The maximum Gasteiger partial charge on any atom is 0.0702 e. The minimum Gasteiger partial charge on any atom is -0.377 e. The number of rotatable bonds is 5. The van der Waals surface area contributed by atoms with Crippen LogP contribution in [0.5, 0.6) is 0 Å². The first-order valence-corrected chi connectivity index (χ1v) is 7.83. The van der Waals surface area contributed by atoms with Crippen molar-refractivity contribution in [2.75, 3.05) is 26.7 Å². The van der Waals surface area contributed by atoms with Gasteiger partial charge in [0, 0.05) is 25.7 Å². The van der Waals surface area contributed by atoms with Gasteiger partial charge >= 0.3 is 0 Å². The molecule has 0 bridgehead atoms. The van der Waals surface area contributed by atoms with E-state index in [1.54, 1.807) is 0 Å². The van der Waals surface area contributed by atoms with E-state index < -0.39 is 0 Å². The Hall–Kier alpha value is -0.120. The van der Waals surface area contributed by atoms with Gasteiger partial charge in [-0.05, 0) is 38.6 Å². The molecule has 2 unspecified atom stereocenters. The first kappa shape index (κ1) is 14.3. The van der Waals surface area contributed by atoms with Crippen LogP contribution >= 0.6 is 0 Å². The molecule has 2 fully saturated rings. The lowest BCUT2D eigenvalue weighted by Gasteiger charge is -2.34. The number of ether oxygens (including phenoxy) is 1. The Balaban J connectivity index is 1.84. The van der Waals surface area contributed by atoms with Gasteiger partial charge in [0.15, 0.2) is 0 Å². The smallest absolute Gasteiger partial charge is 0.0702 e. The first-order valence-electron chi connectivity index (χ1n) is 7.83. The van der Waals surface area contributed by atoms with Crippen LogP contribution < -0.4 is 5.73 Å². The van der Waals surface area contributed by atoms with Gasteiger partial charge in [-0.1, -0.05) is 25.7 Å². The average molecular weight is 254 g/mol. The van der Waals surface area contributed by atoms with E-state index in [1.165, 1.54) is 51.4 Å². The van der Waals surface area contributed by atoms with Crippen molar-refractivity contribution in [2.45, 2.75) is 63.5 Å². The maximum absolute atomic E-state index is 6.05. The summed E-state index contributed by atoms with van der Waals surface area (Å²) >= 11 is 0. The third-order valence-corrected chi connectivity index (χ3v) is 4.77. The second-order valence-electron chi connectivity index (χ2n) is 6.13. The number of hydrogen-bond acceptors (Lipinski definition) is 3. The van der Waals surface area contributed by atoms with E-state index in [2.05, 4.69) is 11.9 Å². The second-order valence-corrected chi connectivity index (χ2v) is 6.13. The average Bonchev–Trinajstić information content (AvgIpc) is 2.72. The fourth-order valence-electron chi connectivity index (χ4n) is 3.67. The fraction of sp³-hybridized carbons (Fsp3) is 1.00. The number of nitrogens with zero attached hydrogens (tertiary/aromatic N) is 1. The second kappa shape index (κ2) is 7.46. The molecule has 1 aliphatic heterocycles. The quantitative estimate of drug-likeness (QED) is 0.766. The molecule has 18 heavy (non-hydrogen) atoms. The van der Waals surface area contributed by atoms with E-state index in [0.29, 0.717) is 12.1 Å². The van der Waals surface area contributed by atoms with Crippen molar-refractivity contribution >= 4 is 0 Å². The first-order chi connectivity index (χ1) is 8.81. The molecule has 1 saturated carbocycles. The predicted molar refractivity (Wildman–Crippen MR) is 75.6 cm³/mol. The van der Waals surface area contributed by atoms with Crippen LogP contribution in [0.3, 0.4) is 0 Å². The third-order valence-electron chi connectivity index (χ3n) is 4.77. The van der Waals surface area contributed by atoms with Gasteiger partial charge in [0.1, 0.15) is 0 Å². The van der Waals surface area contributed by atoms with Crippen molar-refractivity contribution in [2.24, 2.45) is 11.7 Å². The molecule has 3 nitrogen and oxygen atoms in total. The Morgan fingerprint density at radius 1 is 1.11 bits per heavy atom. The number of nitrogens with two attached hydrogens (primary N) is 1. The SMILES string of the molecule is CN(CC1CCCO1)C(CN)C1CCCCCC1. The van der Waals surface area contributed by atoms with Gasteiger partial charge in [0.25, 0.3) is 0 Å². The Kier molecular flexibility index (Phi) is 5.93. The van der Waals surface area contributed by atoms with Gasteiger partial charge in [-0.2, -0.15) is 0 Å². The molecule has 2 aliphatic rings. The molecule has 0 aromatic carbocycles. The molecule has 2 rings (SSSR count). The molecule has 2 N–H and O–H groups in total. The van der Waals surface area contributed by atoms with Gasteiger partial charge < -0.3 is 10.5 Å². The molecule has 0 aromatic rings. The van der Waals surface area contributed by atoms with Crippen LogP contribution in [0.4, 0.5) is 0 Å². The zero-order valence-corrected chi connectivity index (χ0v) is 11.9. The molecular weight excluding hydrogens is 224 g/mol. The highest BCUT2D eigenvalue weighted by molar-refractivity contribution is 4.82. The van der Waals surface area contributed by atoms with Gasteiger partial charge in [0.2, 0.25) is 0 Å². The highest BCUT2D eigenvalue weighted by Gasteiger charge is 2.27. The standard InChI is InChI=1S/C15H30N2O/c1-17(12-14-9-6-10-18-14)15(11-16)13-7-4-2-3-5-8-13/h13-15H,2-12,16H2,1H3. The molecular formula is C15H30N2O. The Bertz CT molecular complexity index is 221. The van der Waals surface area contributed by atoms with Crippen molar-refractivity contribution in [1.82, 2.24) is 4.90 Å². The highest BCUT2D eigenvalue weighted by atomic mass is 16.5. The summed E-state index contributed by atoms with van der Waals surface area (Å²) < 4.78 is 5.75. The minimum absolute atomic E-state index is 0.454. The van der Waals surface area contributed by atoms with Crippen molar-refractivity contribution in [3.05, 3.63) is 0 Å². The molecule has 1 saturated heterocycles. The largest absolute Gasteiger partial charge is 0.377 e. The van der Waals surface area contributed by atoms with Gasteiger partial charge in [-0.3, -0.25) is 4.90 Å². The number of hydrogen-bond donors (Lipinski definition) is 1. The molecule has 0 spiro atoms. The van der Waals surface area contributed by atoms with Crippen LogP contribution in [0, 0.1) is 5.92 Å². The van der Waals surface area contributed by atoms with E-state index in [0.717, 1.165) is 25.6 Å². The molecule has 1 aliphatic carbocycles. The van der Waals surface area contributed by atoms with E-state index in [1.807, 2.05) is 0 Å². The summed E-state index contributed by atoms with van der Waals surface area (Å²) in [6.07, 6.45) is 11.3. The van der Waals surface area contributed by atoms with Crippen LogP contribution in [0.25, 0.3) is 0 Å². The van der Waals surface area contributed by atoms with Gasteiger partial charge in [-0.25, -0.2) is 0 Å². The summed E-state index contributed by atoms with van der Waals surface area (Å²) in [6.45, 7) is 2.82. The van der Waals surface area contributed by atoms with Crippen LogP contribution in [0.15, 0.2) is 0 Å². The molecule has 2 atom stereocenters. The van der Waals surface area contributed by atoms with Gasteiger partial charge in [0.05, 0.1) is 6.10 Å². The summed E-state index contributed by atoms with van der Waals surface area (Å²) in [4.78, 5) is 2.48. The molecule has 106 valence electrons. The lowest BCUT2D eigenvalue weighted by atomic mass is 9.90. The summed E-state index contributed by atoms with van der Waals surface area (Å²) in [5.41, 5.74) is 6.05. The predicted octanol–water partition coefficient (Wildman–Crippen LogP) is 2.39. The van der Waals surface area contributed by atoms with E-state index in [4.69, 9.17) is 10.5 Å². The number of likely N-dealkylation sites (N-methyl/N-ethyl adjacent to an activating group) is 1. The Labute approximate surface area is 112 Å². The lowest BCUT2D eigenvalue weighted by Crippen LogP contribution is -2.46. The molecule has 1 heterocycles. The van der Waals surface area contributed by atoms with Crippen molar-refractivity contribution in [3.8, 4) is 0 Å². The monoisotopic (exact) mass is 254 g/mol. The van der Waals surface area contributed by atoms with Crippen molar-refractivity contribution in [1.29, 1.82) is 0 Å². The fourth-order valence-corrected chi connectivity index (χ4v) is 3.67. The highest BCUT2D eigenvalue weighted by Crippen LogP contribution is 2.28. The molecule has 0 amide bonds. The van der Waals surface area contributed by atoms with E-state index in [-0.39, 0.29) is 0 Å². The topological polar surface area (TPSA) is 38.5 Å². The van der Waals surface area contributed by atoms with E-state index >= 15 is 0 Å². The summed E-state index contributed by atoms with van der Waals surface area (Å²) in [6, 6.07) is 0.562. The van der Waals surface area contributed by atoms with Crippen LogP contribution in [0.2, 0.25) is 0 Å². The zero-order chi connectivity index (χ0) is 12.8. The third kappa shape index (κ3) is 3.94. The Morgan fingerprint density at radius 2 is 1.83 bits per heavy atom. The normalized spacial score (nSPS) is 28.5. The molecule has 0 radical (unpaired) electrons. The van der Waals surface area contributed by atoms with E-state index in [9.17, 15) is 0 Å². The Morgan fingerprint density at radius 3 is 2.39 bits per heavy atom. The molecule has 0 aromatic heterocycles. The maximum atomic E-state index is 6.05. The minimum atomic E-state index is 0.454. The lowest BCUT2D eigenvalue weighted by molar-refractivity contribution is 0.0559. The zero-order valence-electron chi connectivity index (χ0n) is 11.9.